The van der Waals surface area contributed by atoms with Gasteiger partial charge in [0.1, 0.15) is 0 Å². The molecule has 0 fully saturated rings. The van der Waals surface area contributed by atoms with Crippen LogP contribution in [0.2, 0.25) is 0 Å². The van der Waals surface area contributed by atoms with Crippen molar-refractivity contribution in [3.05, 3.63) is 94.8 Å². The van der Waals surface area contributed by atoms with Gasteiger partial charge < -0.3 is 9.30 Å². The fourth-order valence-corrected chi connectivity index (χ4v) is 5.59. The van der Waals surface area contributed by atoms with Crippen LogP contribution >= 0.6 is 11.8 Å². The number of hydrogen-bond donors (Lipinski definition) is 0. The van der Waals surface area contributed by atoms with Gasteiger partial charge in [0.15, 0.2) is 5.16 Å². The smallest absolute Gasteiger partial charge is 0.338 e. The Kier molecular flexibility index (Phi) is 5.99. The van der Waals surface area contributed by atoms with Crippen molar-refractivity contribution in [1.82, 2.24) is 9.55 Å². The Morgan fingerprint density at radius 1 is 0.969 bits per heavy atom. The fourth-order valence-electron chi connectivity index (χ4n) is 4.55. The first-order chi connectivity index (χ1) is 15.7. The van der Waals surface area contributed by atoms with Crippen LogP contribution in [0.4, 0.5) is 0 Å². The van der Waals surface area contributed by atoms with Gasteiger partial charge in [0, 0.05) is 11.4 Å². The van der Waals surface area contributed by atoms with Crippen LogP contribution < -0.4 is 0 Å². The number of benzene rings is 3. The average molecular weight is 443 g/mol. The van der Waals surface area contributed by atoms with Gasteiger partial charge in [-0.05, 0) is 53.6 Å². The standard InChI is InChI=1S/C27H26N2O2S/c1-31-26(30)23-14-5-3-10-21(23)18-32-27-28-24-15-6-7-16-25(24)29(27)17-20-12-8-11-19-9-2-4-13-22(19)20/h2-5,8-14H,6-7,15-18H2,1H3. The SMILES string of the molecule is COC(=O)c1ccccc1CSc1nc2c(n1Cc1cccc3ccccc13)CCCC2. The van der Waals surface area contributed by atoms with Crippen LogP contribution in [0.15, 0.2) is 71.9 Å². The van der Waals surface area contributed by atoms with Crippen molar-refractivity contribution in [2.75, 3.05) is 7.11 Å². The molecule has 0 N–H and O–H groups in total. The molecule has 0 saturated heterocycles. The molecule has 5 heteroatoms. The van der Waals surface area contributed by atoms with E-state index >= 15 is 0 Å². The van der Waals surface area contributed by atoms with Crippen LogP contribution in [0, 0.1) is 0 Å². The zero-order valence-corrected chi connectivity index (χ0v) is 19.0. The van der Waals surface area contributed by atoms with Crippen molar-refractivity contribution in [2.24, 2.45) is 0 Å². The number of hydrogen-bond acceptors (Lipinski definition) is 4. The predicted octanol–water partition coefficient (Wildman–Crippen LogP) is 6.04. The normalized spacial score (nSPS) is 13.2. The number of esters is 1. The van der Waals surface area contributed by atoms with Crippen molar-refractivity contribution in [2.45, 2.75) is 43.1 Å². The number of thioether (sulfide) groups is 1. The number of fused-ring (bicyclic) bond motifs is 2. The maximum absolute atomic E-state index is 12.2. The minimum atomic E-state index is -0.292. The summed E-state index contributed by atoms with van der Waals surface area (Å²) in [6.45, 7) is 0.810. The maximum Gasteiger partial charge on any atom is 0.338 e. The Balaban J connectivity index is 1.49. The summed E-state index contributed by atoms with van der Waals surface area (Å²) < 4.78 is 7.37. The highest BCUT2D eigenvalue weighted by molar-refractivity contribution is 7.98. The highest BCUT2D eigenvalue weighted by atomic mass is 32.2. The van der Waals surface area contributed by atoms with Crippen LogP contribution in [-0.2, 0) is 29.9 Å². The molecule has 0 bridgehead atoms. The molecular formula is C27H26N2O2S. The van der Waals surface area contributed by atoms with Gasteiger partial charge in [-0.3, -0.25) is 0 Å². The lowest BCUT2D eigenvalue weighted by Crippen LogP contribution is -2.10. The van der Waals surface area contributed by atoms with Crippen LogP contribution in [0.5, 0.6) is 0 Å². The molecule has 3 aromatic carbocycles. The van der Waals surface area contributed by atoms with Gasteiger partial charge in [-0.15, -0.1) is 0 Å². The summed E-state index contributed by atoms with van der Waals surface area (Å²) in [6, 6.07) is 22.8. The van der Waals surface area contributed by atoms with Crippen LogP contribution in [-0.4, -0.2) is 22.6 Å². The van der Waals surface area contributed by atoms with E-state index in [-0.39, 0.29) is 5.97 Å². The highest BCUT2D eigenvalue weighted by Crippen LogP contribution is 2.32. The summed E-state index contributed by atoms with van der Waals surface area (Å²) >= 11 is 1.70. The third kappa shape index (κ3) is 4.05. The Morgan fingerprint density at radius 3 is 2.62 bits per heavy atom. The van der Waals surface area contributed by atoms with Crippen molar-refractivity contribution in [1.29, 1.82) is 0 Å². The van der Waals surface area contributed by atoms with E-state index in [0.717, 1.165) is 30.1 Å². The second-order valence-corrected chi connectivity index (χ2v) is 9.10. The molecule has 0 radical (unpaired) electrons. The minimum Gasteiger partial charge on any atom is -0.465 e. The van der Waals surface area contributed by atoms with Gasteiger partial charge in [-0.1, -0.05) is 72.4 Å². The molecule has 1 aromatic heterocycles. The summed E-state index contributed by atoms with van der Waals surface area (Å²) in [7, 11) is 1.43. The van der Waals surface area contributed by atoms with E-state index in [2.05, 4.69) is 47.0 Å². The number of imidazole rings is 1. The third-order valence-corrected chi connectivity index (χ3v) is 7.21. The van der Waals surface area contributed by atoms with E-state index in [4.69, 9.17) is 9.72 Å². The van der Waals surface area contributed by atoms with Gasteiger partial charge in [-0.25, -0.2) is 9.78 Å². The van der Waals surface area contributed by atoms with Gasteiger partial charge in [0.2, 0.25) is 0 Å². The maximum atomic E-state index is 12.2. The molecule has 1 aliphatic carbocycles. The summed E-state index contributed by atoms with van der Waals surface area (Å²) in [4.78, 5) is 17.2. The lowest BCUT2D eigenvalue weighted by Gasteiger charge is -2.16. The Hall–Kier alpha value is -3.05. The number of rotatable bonds is 6. The van der Waals surface area contributed by atoms with Crippen LogP contribution in [0.1, 0.15) is 45.7 Å². The lowest BCUT2D eigenvalue weighted by atomic mass is 10.0. The summed E-state index contributed by atoms with van der Waals surface area (Å²) in [5, 5.41) is 3.59. The number of carbonyl (C=O) groups excluding carboxylic acids is 1. The molecule has 162 valence electrons. The zero-order chi connectivity index (χ0) is 21.9. The van der Waals surface area contributed by atoms with Gasteiger partial charge in [0.25, 0.3) is 0 Å². The van der Waals surface area contributed by atoms with E-state index in [1.165, 1.54) is 47.7 Å². The Labute approximate surface area is 192 Å². The first-order valence-electron chi connectivity index (χ1n) is 11.1. The number of aromatic nitrogens is 2. The topological polar surface area (TPSA) is 44.1 Å². The molecular weight excluding hydrogens is 416 g/mol. The average Bonchev–Trinajstić information content (AvgIpc) is 3.20. The fraction of sp³-hybridized carbons (Fsp3) is 0.259. The van der Waals surface area contributed by atoms with E-state index in [0.29, 0.717) is 11.3 Å². The molecule has 32 heavy (non-hydrogen) atoms. The van der Waals surface area contributed by atoms with Crippen molar-refractivity contribution in [3.63, 3.8) is 0 Å². The van der Waals surface area contributed by atoms with E-state index in [1.807, 2.05) is 24.3 Å². The monoisotopic (exact) mass is 442 g/mol. The second kappa shape index (κ2) is 9.21. The molecule has 0 atom stereocenters. The van der Waals surface area contributed by atoms with Gasteiger partial charge in [-0.2, -0.15) is 0 Å². The molecule has 5 rings (SSSR count). The number of aryl methyl sites for hydroxylation is 1. The van der Waals surface area contributed by atoms with E-state index < -0.39 is 0 Å². The van der Waals surface area contributed by atoms with Crippen molar-refractivity contribution >= 4 is 28.5 Å². The Morgan fingerprint density at radius 2 is 1.72 bits per heavy atom. The molecule has 0 aliphatic heterocycles. The molecule has 1 aliphatic rings. The molecule has 0 spiro atoms. The van der Waals surface area contributed by atoms with E-state index in [1.54, 1.807) is 11.8 Å². The van der Waals surface area contributed by atoms with Crippen LogP contribution in [0.3, 0.4) is 0 Å². The van der Waals surface area contributed by atoms with Gasteiger partial charge in [0.05, 0.1) is 24.9 Å². The molecule has 0 saturated carbocycles. The summed E-state index contributed by atoms with van der Waals surface area (Å²) in [5.74, 6) is 0.385. The van der Waals surface area contributed by atoms with Gasteiger partial charge >= 0.3 is 5.97 Å². The molecule has 0 unspecified atom stereocenters. The zero-order valence-electron chi connectivity index (χ0n) is 18.2. The Bertz CT molecular complexity index is 1270. The summed E-state index contributed by atoms with van der Waals surface area (Å²) in [6.07, 6.45) is 4.54. The number of ether oxygens (including phenoxy) is 1. The number of methoxy groups -OCH3 is 1. The quantitative estimate of drug-likeness (QED) is 0.270. The highest BCUT2D eigenvalue weighted by Gasteiger charge is 2.21. The van der Waals surface area contributed by atoms with Crippen molar-refractivity contribution in [3.8, 4) is 0 Å². The lowest BCUT2D eigenvalue weighted by molar-refractivity contribution is 0.0600. The third-order valence-electron chi connectivity index (χ3n) is 6.19. The summed E-state index contributed by atoms with van der Waals surface area (Å²) in [5.41, 5.74) is 5.51. The van der Waals surface area contributed by atoms with Crippen molar-refractivity contribution < 1.29 is 9.53 Å². The number of carbonyl (C=O) groups is 1. The number of nitrogens with zero attached hydrogens (tertiary/aromatic N) is 2. The predicted molar refractivity (Wildman–Crippen MR) is 129 cm³/mol. The van der Waals surface area contributed by atoms with Crippen LogP contribution in [0.25, 0.3) is 10.8 Å². The first-order valence-corrected chi connectivity index (χ1v) is 12.1. The van der Waals surface area contributed by atoms with E-state index in [9.17, 15) is 4.79 Å². The molecule has 1 heterocycles. The minimum absolute atomic E-state index is 0.292. The first kappa shape index (κ1) is 20.8. The largest absolute Gasteiger partial charge is 0.465 e. The molecule has 4 nitrogen and oxygen atoms in total. The second-order valence-electron chi connectivity index (χ2n) is 8.16. The molecule has 0 amide bonds. The molecule has 4 aromatic rings.